The van der Waals surface area contributed by atoms with Crippen LogP contribution in [0.2, 0.25) is 10.0 Å². The van der Waals surface area contributed by atoms with Gasteiger partial charge in [0.25, 0.3) is 11.8 Å². The van der Waals surface area contributed by atoms with Crippen LogP contribution in [0.15, 0.2) is 53.9 Å². The van der Waals surface area contributed by atoms with E-state index in [4.69, 9.17) is 28.9 Å². The maximum absolute atomic E-state index is 14.1. The van der Waals surface area contributed by atoms with Crippen LogP contribution < -0.4 is 10.6 Å². The summed E-state index contributed by atoms with van der Waals surface area (Å²) in [7, 11) is 0. The molecule has 3 aromatic rings. The third kappa shape index (κ3) is 5.54. The molecular formula is C25H26Cl2N4O4S. The minimum atomic E-state index is -1.81. The standard InChI is InChI=1S/C25H26Cl2N4O4S/c1-3-30(4-2)14-13-25(23(28)35,24-29-20(15-36-24)22(33)34)31(17-11-9-16(26)10-12-17)21(32)18-7-5-6-8-19(18)27/h5-12,15H,3-4,13-14H2,1-2H3,(H2,28,35)(H,33,34). The summed E-state index contributed by atoms with van der Waals surface area (Å²) in [5.74, 6) is -2.69. The zero-order valence-corrected chi connectivity index (χ0v) is 22.1. The number of halogens is 2. The van der Waals surface area contributed by atoms with Crippen molar-refractivity contribution in [3.63, 3.8) is 0 Å². The molecule has 0 aliphatic heterocycles. The molecular weight excluding hydrogens is 523 g/mol. The molecule has 1 atom stereocenters. The van der Waals surface area contributed by atoms with E-state index in [9.17, 15) is 19.5 Å². The van der Waals surface area contributed by atoms with E-state index in [0.717, 1.165) is 11.3 Å². The van der Waals surface area contributed by atoms with E-state index < -0.39 is 23.3 Å². The molecule has 2 amide bonds. The molecule has 0 aliphatic rings. The predicted molar refractivity (Wildman–Crippen MR) is 142 cm³/mol. The third-order valence-corrected chi connectivity index (χ3v) is 7.52. The Kier molecular flexibility index (Phi) is 9.08. The lowest BCUT2D eigenvalue weighted by atomic mass is 9.90. The van der Waals surface area contributed by atoms with Gasteiger partial charge in [-0.15, -0.1) is 11.3 Å². The third-order valence-electron chi connectivity index (χ3n) is 5.94. The van der Waals surface area contributed by atoms with Crippen LogP contribution in [0.3, 0.4) is 0 Å². The Morgan fingerprint density at radius 2 is 1.69 bits per heavy atom. The van der Waals surface area contributed by atoms with Gasteiger partial charge in [0.1, 0.15) is 5.01 Å². The number of thiazole rings is 1. The molecule has 1 unspecified atom stereocenters. The van der Waals surface area contributed by atoms with Gasteiger partial charge in [0.2, 0.25) is 0 Å². The van der Waals surface area contributed by atoms with Crippen LogP contribution in [0, 0.1) is 0 Å². The molecule has 11 heteroatoms. The van der Waals surface area contributed by atoms with Crippen molar-refractivity contribution in [2.24, 2.45) is 5.73 Å². The average Bonchev–Trinajstić information content (AvgIpc) is 3.36. The monoisotopic (exact) mass is 548 g/mol. The molecule has 0 saturated heterocycles. The first-order valence-electron chi connectivity index (χ1n) is 11.2. The molecule has 36 heavy (non-hydrogen) atoms. The van der Waals surface area contributed by atoms with Crippen molar-refractivity contribution in [3.8, 4) is 0 Å². The summed E-state index contributed by atoms with van der Waals surface area (Å²) in [6.45, 7) is 5.74. The van der Waals surface area contributed by atoms with Crippen LogP contribution >= 0.6 is 34.5 Å². The highest BCUT2D eigenvalue weighted by molar-refractivity contribution is 7.10. The molecule has 0 aliphatic carbocycles. The number of benzene rings is 2. The van der Waals surface area contributed by atoms with E-state index in [-0.39, 0.29) is 27.7 Å². The van der Waals surface area contributed by atoms with E-state index in [2.05, 4.69) is 9.88 Å². The lowest BCUT2D eigenvalue weighted by molar-refractivity contribution is -0.123. The molecule has 3 N–H and O–H groups in total. The number of carbonyl (C=O) groups excluding carboxylic acids is 2. The van der Waals surface area contributed by atoms with E-state index >= 15 is 0 Å². The Hall–Kier alpha value is -2.98. The molecule has 190 valence electrons. The van der Waals surface area contributed by atoms with Crippen LogP contribution in [0.4, 0.5) is 5.69 Å². The summed E-state index contributed by atoms with van der Waals surface area (Å²) in [6, 6.07) is 12.8. The minimum absolute atomic E-state index is 0.0649. The van der Waals surface area contributed by atoms with Crippen molar-refractivity contribution in [1.82, 2.24) is 9.88 Å². The maximum atomic E-state index is 14.1. The zero-order valence-electron chi connectivity index (χ0n) is 19.8. The van der Waals surface area contributed by atoms with Crippen LogP contribution in [-0.2, 0) is 10.3 Å². The predicted octanol–water partition coefficient (Wildman–Crippen LogP) is 4.91. The molecule has 0 saturated carbocycles. The molecule has 2 aromatic carbocycles. The van der Waals surface area contributed by atoms with Gasteiger partial charge in [-0.2, -0.15) is 0 Å². The second-order valence-corrected chi connectivity index (χ2v) is 9.64. The number of primary amides is 1. The molecule has 3 rings (SSSR count). The summed E-state index contributed by atoms with van der Waals surface area (Å²) in [4.78, 5) is 46.8. The van der Waals surface area contributed by atoms with Gasteiger partial charge in [-0.3, -0.25) is 14.5 Å². The number of nitrogens with two attached hydrogens (primary N) is 1. The number of hydrogen-bond acceptors (Lipinski definition) is 6. The molecule has 0 radical (unpaired) electrons. The highest BCUT2D eigenvalue weighted by atomic mass is 35.5. The Labute approximate surface area is 223 Å². The van der Waals surface area contributed by atoms with Gasteiger partial charge < -0.3 is 15.7 Å². The van der Waals surface area contributed by atoms with E-state index in [0.29, 0.717) is 30.3 Å². The first-order valence-corrected chi connectivity index (χ1v) is 12.8. The van der Waals surface area contributed by atoms with Crippen LogP contribution in [0.5, 0.6) is 0 Å². The summed E-state index contributed by atoms with van der Waals surface area (Å²) < 4.78 is 0. The smallest absolute Gasteiger partial charge is 0.355 e. The Bertz CT molecular complexity index is 1250. The second-order valence-electron chi connectivity index (χ2n) is 7.94. The molecule has 1 heterocycles. The first-order chi connectivity index (χ1) is 17.1. The highest BCUT2D eigenvalue weighted by Crippen LogP contribution is 2.40. The fourth-order valence-electron chi connectivity index (χ4n) is 3.93. The number of carboxylic acids is 1. The van der Waals surface area contributed by atoms with E-state index in [1.165, 1.54) is 10.3 Å². The Morgan fingerprint density at radius 3 is 2.22 bits per heavy atom. The van der Waals surface area contributed by atoms with Crippen molar-refractivity contribution in [2.45, 2.75) is 25.8 Å². The number of anilines is 1. The normalized spacial score (nSPS) is 12.8. The van der Waals surface area contributed by atoms with Crippen LogP contribution in [0.1, 0.15) is 46.1 Å². The van der Waals surface area contributed by atoms with Crippen LogP contribution in [-0.4, -0.2) is 52.4 Å². The molecule has 0 fully saturated rings. The number of nitrogens with zero attached hydrogens (tertiary/aromatic N) is 3. The average molecular weight is 549 g/mol. The van der Waals surface area contributed by atoms with Crippen molar-refractivity contribution in [1.29, 1.82) is 0 Å². The number of carbonyl (C=O) groups is 3. The molecule has 1 aromatic heterocycles. The zero-order chi connectivity index (χ0) is 26.5. The van der Waals surface area contributed by atoms with Gasteiger partial charge in [-0.05, 0) is 55.9 Å². The van der Waals surface area contributed by atoms with Crippen molar-refractivity contribution >= 4 is 58.0 Å². The summed E-state index contributed by atoms with van der Waals surface area (Å²) in [6.07, 6.45) is 0.0649. The van der Waals surface area contributed by atoms with Gasteiger partial charge in [0.05, 0.1) is 10.6 Å². The number of aromatic carboxylic acids is 1. The number of hydrogen-bond donors (Lipinski definition) is 2. The lowest BCUT2D eigenvalue weighted by Gasteiger charge is -2.41. The van der Waals surface area contributed by atoms with Gasteiger partial charge in [0.15, 0.2) is 11.2 Å². The van der Waals surface area contributed by atoms with Crippen molar-refractivity contribution < 1.29 is 19.5 Å². The van der Waals surface area contributed by atoms with E-state index in [1.807, 2.05) is 13.8 Å². The number of aromatic nitrogens is 1. The van der Waals surface area contributed by atoms with Crippen molar-refractivity contribution in [2.75, 3.05) is 24.5 Å². The fourth-order valence-corrected chi connectivity index (χ4v) is 5.29. The largest absolute Gasteiger partial charge is 0.476 e. The highest BCUT2D eigenvalue weighted by Gasteiger charge is 2.50. The molecule has 0 bridgehead atoms. The quantitative estimate of drug-likeness (QED) is 0.351. The first kappa shape index (κ1) is 27.6. The summed E-state index contributed by atoms with van der Waals surface area (Å²) in [5.41, 5.74) is 4.51. The number of carboxylic acid groups (broad SMARTS) is 1. The Morgan fingerprint density at radius 1 is 1.06 bits per heavy atom. The fraction of sp³-hybridized carbons (Fsp3) is 0.280. The van der Waals surface area contributed by atoms with Gasteiger partial charge in [-0.25, -0.2) is 9.78 Å². The summed E-state index contributed by atoms with van der Waals surface area (Å²) in [5, 5.41) is 11.6. The van der Waals surface area contributed by atoms with Gasteiger partial charge >= 0.3 is 5.97 Å². The molecule has 8 nitrogen and oxygen atoms in total. The minimum Gasteiger partial charge on any atom is -0.476 e. The lowest BCUT2D eigenvalue weighted by Crippen LogP contribution is -2.59. The van der Waals surface area contributed by atoms with Crippen molar-refractivity contribution in [3.05, 3.63) is 80.2 Å². The topological polar surface area (TPSA) is 117 Å². The Balaban J connectivity index is 2.33. The maximum Gasteiger partial charge on any atom is 0.355 e. The van der Waals surface area contributed by atoms with E-state index in [1.54, 1.807) is 48.5 Å². The summed E-state index contributed by atoms with van der Waals surface area (Å²) >= 11 is 13.5. The van der Waals surface area contributed by atoms with Gasteiger partial charge in [0, 0.05) is 22.6 Å². The number of rotatable bonds is 11. The van der Waals surface area contributed by atoms with Gasteiger partial charge in [-0.1, -0.05) is 49.2 Å². The SMILES string of the molecule is CCN(CC)CCC(C(N)=O)(c1nc(C(=O)O)cs1)N(C(=O)c1ccccc1Cl)c1ccc(Cl)cc1. The molecule has 0 spiro atoms. The second kappa shape index (κ2) is 11.8. The number of amides is 2. The van der Waals surface area contributed by atoms with Crippen LogP contribution in [0.25, 0.3) is 0 Å².